The number of nitrogens with one attached hydrogen (secondary N) is 1. The standard InChI is InChI=1S/C25H26N2O2/c1-3-27(18-20-10-5-4-6-11-20)25(29)23-14-8-13-22(16-23)24(28)26-17-21-12-7-9-19(2)15-21/h4-16H,3,17-18H2,1-2H3,(H,26,28). The second-order valence-corrected chi connectivity index (χ2v) is 7.06. The van der Waals surface area contributed by atoms with Crippen LogP contribution in [0.25, 0.3) is 0 Å². The van der Waals surface area contributed by atoms with Crippen LogP contribution in [0.5, 0.6) is 0 Å². The molecule has 0 atom stereocenters. The summed E-state index contributed by atoms with van der Waals surface area (Å²) in [6.07, 6.45) is 0. The highest BCUT2D eigenvalue weighted by Gasteiger charge is 2.16. The number of aryl methyl sites for hydroxylation is 1. The van der Waals surface area contributed by atoms with Crippen molar-refractivity contribution in [3.8, 4) is 0 Å². The molecule has 0 heterocycles. The number of hydrogen-bond donors (Lipinski definition) is 1. The molecule has 0 aliphatic carbocycles. The van der Waals surface area contributed by atoms with Gasteiger partial charge in [-0.15, -0.1) is 0 Å². The van der Waals surface area contributed by atoms with Crippen LogP contribution < -0.4 is 5.32 Å². The lowest BCUT2D eigenvalue weighted by atomic mass is 10.1. The number of amides is 2. The van der Waals surface area contributed by atoms with Crippen LogP contribution in [0.1, 0.15) is 44.3 Å². The van der Waals surface area contributed by atoms with Crippen LogP contribution in [0.2, 0.25) is 0 Å². The molecule has 0 radical (unpaired) electrons. The fraction of sp³-hybridized carbons (Fsp3) is 0.200. The zero-order valence-corrected chi connectivity index (χ0v) is 16.9. The summed E-state index contributed by atoms with van der Waals surface area (Å²) in [4.78, 5) is 27.3. The molecule has 0 aliphatic rings. The molecule has 0 aromatic heterocycles. The summed E-state index contributed by atoms with van der Waals surface area (Å²) >= 11 is 0. The first-order chi connectivity index (χ1) is 14.1. The Morgan fingerprint density at radius 3 is 2.24 bits per heavy atom. The summed E-state index contributed by atoms with van der Waals surface area (Å²) in [5.74, 6) is -0.267. The van der Waals surface area contributed by atoms with Crippen molar-refractivity contribution in [3.05, 3.63) is 107 Å². The zero-order chi connectivity index (χ0) is 20.6. The molecular formula is C25H26N2O2. The molecule has 3 rings (SSSR count). The second kappa shape index (κ2) is 9.69. The number of rotatable bonds is 7. The zero-order valence-electron chi connectivity index (χ0n) is 16.9. The lowest BCUT2D eigenvalue weighted by Gasteiger charge is -2.21. The lowest BCUT2D eigenvalue weighted by Crippen LogP contribution is -2.30. The quantitative estimate of drug-likeness (QED) is 0.646. The minimum atomic E-state index is -0.188. The first kappa shape index (κ1) is 20.3. The topological polar surface area (TPSA) is 49.4 Å². The van der Waals surface area contributed by atoms with Gasteiger partial charge in [-0.3, -0.25) is 9.59 Å². The van der Waals surface area contributed by atoms with Crippen LogP contribution in [0, 0.1) is 6.92 Å². The van der Waals surface area contributed by atoms with Gasteiger partial charge in [0.25, 0.3) is 11.8 Å². The van der Waals surface area contributed by atoms with Crippen molar-refractivity contribution in [2.45, 2.75) is 26.9 Å². The molecule has 148 valence electrons. The molecule has 0 saturated carbocycles. The summed E-state index contributed by atoms with van der Waals surface area (Å²) < 4.78 is 0. The van der Waals surface area contributed by atoms with Crippen molar-refractivity contribution in [1.29, 1.82) is 0 Å². The number of benzene rings is 3. The van der Waals surface area contributed by atoms with E-state index in [0.717, 1.165) is 16.7 Å². The molecule has 0 spiro atoms. The maximum Gasteiger partial charge on any atom is 0.254 e. The van der Waals surface area contributed by atoms with E-state index in [1.54, 1.807) is 29.2 Å². The Morgan fingerprint density at radius 1 is 0.828 bits per heavy atom. The molecule has 4 nitrogen and oxygen atoms in total. The average molecular weight is 386 g/mol. The Morgan fingerprint density at radius 2 is 1.52 bits per heavy atom. The molecule has 4 heteroatoms. The highest BCUT2D eigenvalue weighted by atomic mass is 16.2. The second-order valence-electron chi connectivity index (χ2n) is 7.06. The van der Waals surface area contributed by atoms with Gasteiger partial charge in [0.15, 0.2) is 0 Å². The Labute approximate surface area is 172 Å². The molecule has 0 bridgehead atoms. The Balaban J connectivity index is 1.68. The monoisotopic (exact) mass is 386 g/mol. The van der Waals surface area contributed by atoms with E-state index in [1.807, 2.05) is 68.4 Å². The minimum Gasteiger partial charge on any atom is -0.348 e. The van der Waals surface area contributed by atoms with Gasteiger partial charge in [0.2, 0.25) is 0 Å². The van der Waals surface area contributed by atoms with Crippen molar-refractivity contribution in [2.24, 2.45) is 0 Å². The third kappa shape index (κ3) is 5.55. The number of carbonyl (C=O) groups is 2. The molecule has 1 N–H and O–H groups in total. The van der Waals surface area contributed by atoms with E-state index in [4.69, 9.17) is 0 Å². The van der Waals surface area contributed by atoms with Gasteiger partial charge < -0.3 is 10.2 Å². The molecular weight excluding hydrogens is 360 g/mol. The molecule has 0 saturated heterocycles. The van der Waals surface area contributed by atoms with Crippen LogP contribution in [-0.4, -0.2) is 23.3 Å². The maximum atomic E-state index is 13.0. The van der Waals surface area contributed by atoms with Crippen LogP contribution in [-0.2, 0) is 13.1 Å². The Hall–Kier alpha value is -3.40. The molecule has 29 heavy (non-hydrogen) atoms. The van der Waals surface area contributed by atoms with E-state index in [1.165, 1.54) is 0 Å². The largest absolute Gasteiger partial charge is 0.348 e. The van der Waals surface area contributed by atoms with E-state index in [-0.39, 0.29) is 11.8 Å². The smallest absolute Gasteiger partial charge is 0.254 e. The van der Waals surface area contributed by atoms with Crippen LogP contribution in [0.15, 0.2) is 78.9 Å². The van der Waals surface area contributed by atoms with Crippen LogP contribution >= 0.6 is 0 Å². The van der Waals surface area contributed by atoms with Crippen molar-refractivity contribution in [2.75, 3.05) is 6.54 Å². The van der Waals surface area contributed by atoms with E-state index in [2.05, 4.69) is 5.32 Å². The normalized spacial score (nSPS) is 10.4. The Bertz CT molecular complexity index is 983. The highest BCUT2D eigenvalue weighted by Crippen LogP contribution is 2.12. The molecule has 3 aromatic rings. The van der Waals surface area contributed by atoms with Gasteiger partial charge in [-0.2, -0.15) is 0 Å². The molecule has 3 aromatic carbocycles. The molecule has 2 amide bonds. The van der Waals surface area contributed by atoms with Gasteiger partial charge >= 0.3 is 0 Å². The fourth-order valence-corrected chi connectivity index (χ4v) is 3.21. The lowest BCUT2D eigenvalue weighted by molar-refractivity contribution is 0.0752. The van der Waals surface area contributed by atoms with Gasteiger partial charge in [0.1, 0.15) is 0 Å². The van der Waals surface area contributed by atoms with Gasteiger partial charge in [-0.1, -0.05) is 66.2 Å². The van der Waals surface area contributed by atoms with Crippen molar-refractivity contribution >= 4 is 11.8 Å². The third-order valence-electron chi connectivity index (χ3n) is 4.79. The SMILES string of the molecule is CCN(Cc1ccccc1)C(=O)c1cccc(C(=O)NCc2cccc(C)c2)c1. The Kier molecular flexibility index (Phi) is 6.80. The number of hydrogen-bond acceptors (Lipinski definition) is 2. The molecule has 0 unspecified atom stereocenters. The van der Waals surface area contributed by atoms with Gasteiger partial charge in [0.05, 0.1) is 0 Å². The van der Waals surface area contributed by atoms with Crippen molar-refractivity contribution < 1.29 is 9.59 Å². The fourth-order valence-electron chi connectivity index (χ4n) is 3.21. The van der Waals surface area contributed by atoms with Gasteiger partial charge in [0, 0.05) is 30.8 Å². The average Bonchev–Trinajstić information content (AvgIpc) is 2.76. The van der Waals surface area contributed by atoms with E-state index >= 15 is 0 Å². The predicted molar refractivity (Wildman–Crippen MR) is 116 cm³/mol. The first-order valence-electron chi connectivity index (χ1n) is 9.84. The highest BCUT2D eigenvalue weighted by molar-refractivity contribution is 5.99. The summed E-state index contributed by atoms with van der Waals surface area (Å²) in [6.45, 7) is 5.57. The van der Waals surface area contributed by atoms with E-state index < -0.39 is 0 Å². The summed E-state index contributed by atoms with van der Waals surface area (Å²) in [5.41, 5.74) is 4.29. The first-order valence-corrected chi connectivity index (χ1v) is 9.84. The van der Waals surface area contributed by atoms with E-state index in [0.29, 0.717) is 30.8 Å². The maximum absolute atomic E-state index is 13.0. The summed E-state index contributed by atoms with van der Waals surface area (Å²) in [6, 6.07) is 24.8. The predicted octanol–water partition coefficient (Wildman–Crippen LogP) is 4.59. The number of carbonyl (C=O) groups excluding carboxylic acids is 2. The van der Waals surface area contributed by atoms with Crippen LogP contribution in [0.3, 0.4) is 0 Å². The summed E-state index contributed by atoms with van der Waals surface area (Å²) in [7, 11) is 0. The van der Waals surface area contributed by atoms with E-state index in [9.17, 15) is 9.59 Å². The van der Waals surface area contributed by atoms with Crippen LogP contribution in [0.4, 0.5) is 0 Å². The third-order valence-corrected chi connectivity index (χ3v) is 4.79. The summed E-state index contributed by atoms with van der Waals surface area (Å²) in [5, 5.41) is 2.93. The van der Waals surface area contributed by atoms with Crippen molar-refractivity contribution in [3.63, 3.8) is 0 Å². The number of nitrogens with zero attached hydrogens (tertiary/aromatic N) is 1. The van der Waals surface area contributed by atoms with Crippen molar-refractivity contribution in [1.82, 2.24) is 10.2 Å². The van der Waals surface area contributed by atoms with Gasteiger partial charge in [-0.05, 0) is 43.2 Å². The minimum absolute atomic E-state index is 0.0790. The van der Waals surface area contributed by atoms with Gasteiger partial charge in [-0.25, -0.2) is 0 Å². The molecule has 0 fully saturated rings. The molecule has 0 aliphatic heterocycles.